The topological polar surface area (TPSA) is 34.1 Å². The van der Waals surface area contributed by atoms with Crippen molar-refractivity contribution in [1.82, 2.24) is 0 Å². The number of fused-ring (bicyclic) bond motifs is 1. The number of Topliss-reactive ketones (excluding diaryl/α,β-unsaturated/α-hetero) is 1. The van der Waals surface area contributed by atoms with Gasteiger partial charge in [-0.2, -0.15) is 0 Å². The second-order valence-corrected chi connectivity index (χ2v) is 3.97. The van der Waals surface area contributed by atoms with E-state index in [2.05, 4.69) is 0 Å². The van der Waals surface area contributed by atoms with E-state index < -0.39 is 0 Å². The molecule has 76 valence electrons. The number of hydrogen-bond acceptors (Lipinski definition) is 2. The van der Waals surface area contributed by atoms with Crippen LogP contribution in [0.15, 0.2) is 23.8 Å². The molecule has 1 aromatic carbocycles. The average molecular weight is 200 g/mol. The van der Waals surface area contributed by atoms with Crippen LogP contribution in [-0.4, -0.2) is 11.6 Å². The number of ketones is 2. The van der Waals surface area contributed by atoms with Gasteiger partial charge in [-0.05, 0) is 38.0 Å². The van der Waals surface area contributed by atoms with Gasteiger partial charge >= 0.3 is 0 Å². The molecule has 1 aliphatic carbocycles. The standard InChI is InChI=1S/C13H12O2/c1-7-4-5-8(2)12-11(7)10(14)6-9(3)13(12)15/h4-6H,1-3H3. The Hall–Kier alpha value is -1.70. The fourth-order valence-electron chi connectivity index (χ4n) is 1.95. The second-order valence-electron chi connectivity index (χ2n) is 3.97. The SMILES string of the molecule is CC1=CC(=O)c2c(C)ccc(C)c2C1=O. The fourth-order valence-corrected chi connectivity index (χ4v) is 1.95. The maximum Gasteiger partial charge on any atom is 0.189 e. The first-order valence-corrected chi connectivity index (χ1v) is 4.90. The van der Waals surface area contributed by atoms with Gasteiger partial charge in [0.25, 0.3) is 0 Å². The van der Waals surface area contributed by atoms with Crippen LogP contribution >= 0.6 is 0 Å². The molecule has 0 unspecified atom stereocenters. The van der Waals surface area contributed by atoms with Gasteiger partial charge in [-0.3, -0.25) is 9.59 Å². The highest BCUT2D eigenvalue weighted by molar-refractivity contribution is 6.25. The Balaban J connectivity index is 2.82. The molecular formula is C13H12O2. The van der Waals surface area contributed by atoms with E-state index in [0.29, 0.717) is 16.7 Å². The third-order valence-corrected chi connectivity index (χ3v) is 2.80. The highest BCUT2D eigenvalue weighted by Gasteiger charge is 2.25. The summed E-state index contributed by atoms with van der Waals surface area (Å²) in [6.45, 7) is 5.41. The predicted octanol–water partition coefficient (Wildman–Crippen LogP) is 2.63. The van der Waals surface area contributed by atoms with E-state index in [9.17, 15) is 9.59 Å². The molecule has 0 saturated carbocycles. The van der Waals surface area contributed by atoms with Gasteiger partial charge in [0, 0.05) is 16.7 Å². The normalized spacial score (nSPS) is 15.0. The van der Waals surface area contributed by atoms with E-state index in [-0.39, 0.29) is 11.6 Å². The molecule has 0 spiro atoms. The van der Waals surface area contributed by atoms with Gasteiger partial charge in [-0.25, -0.2) is 0 Å². The molecule has 0 fully saturated rings. The first-order valence-electron chi connectivity index (χ1n) is 4.90. The van der Waals surface area contributed by atoms with Gasteiger partial charge in [0.15, 0.2) is 11.6 Å². The van der Waals surface area contributed by atoms with Crippen molar-refractivity contribution < 1.29 is 9.59 Å². The molecule has 0 heterocycles. The molecule has 2 rings (SSSR count). The van der Waals surface area contributed by atoms with E-state index in [4.69, 9.17) is 0 Å². The molecule has 1 aromatic rings. The number of aryl methyl sites for hydroxylation is 2. The maximum atomic E-state index is 11.9. The molecule has 2 nitrogen and oxygen atoms in total. The van der Waals surface area contributed by atoms with E-state index in [1.165, 1.54) is 6.08 Å². The molecule has 0 saturated heterocycles. The molecule has 0 aliphatic heterocycles. The van der Waals surface area contributed by atoms with Gasteiger partial charge in [-0.15, -0.1) is 0 Å². The highest BCUT2D eigenvalue weighted by atomic mass is 16.1. The summed E-state index contributed by atoms with van der Waals surface area (Å²) in [5.74, 6) is -0.0749. The van der Waals surface area contributed by atoms with Crippen LogP contribution in [0.2, 0.25) is 0 Å². The summed E-state index contributed by atoms with van der Waals surface area (Å²) in [5, 5.41) is 0. The molecule has 0 bridgehead atoms. The summed E-state index contributed by atoms with van der Waals surface area (Å²) in [5.41, 5.74) is 3.44. The number of allylic oxidation sites excluding steroid dienone is 2. The van der Waals surface area contributed by atoms with Crippen molar-refractivity contribution in [3.8, 4) is 0 Å². The van der Waals surface area contributed by atoms with Gasteiger partial charge in [-0.1, -0.05) is 12.1 Å². The number of carbonyl (C=O) groups excluding carboxylic acids is 2. The molecule has 0 atom stereocenters. The van der Waals surface area contributed by atoms with Crippen molar-refractivity contribution in [2.24, 2.45) is 0 Å². The zero-order valence-electron chi connectivity index (χ0n) is 9.05. The van der Waals surface area contributed by atoms with Crippen molar-refractivity contribution in [1.29, 1.82) is 0 Å². The minimum absolute atomic E-state index is 0.0224. The number of hydrogen-bond donors (Lipinski definition) is 0. The van der Waals surface area contributed by atoms with Crippen LogP contribution in [0.4, 0.5) is 0 Å². The van der Waals surface area contributed by atoms with Crippen molar-refractivity contribution >= 4 is 11.6 Å². The first kappa shape index (κ1) is 9.84. The molecule has 0 radical (unpaired) electrons. The van der Waals surface area contributed by atoms with E-state index in [1.807, 2.05) is 26.0 Å². The summed E-state index contributed by atoms with van der Waals surface area (Å²) in [7, 11) is 0. The lowest BCUT2D eigenvalue weighted by Gasteiger charge is -2.16. The lowest BCUT2D eigenvalue weighted by Crippen LogP contribution is -2.18. The summed E-state index contributed by atoms with van der Waals surface area (Å²) in [6.07, 6.45) is 1.43. The molecule has 1 aliphatic rings. The molecule has 0 aromatic heterocycles. The Morgan fingerprint density at radius 2 is 1.40 bits per heavy atom. The summed E-state index contributed by atoms with van der Waals surface area (Å²) < 4.78 is 0. The Bertz CT molecular complexity index is 508. The van der Waals surface area contributed by atoms with Gasteiger partial charge in [0.05, 0.1) is 0 Å². The smallest absolute Gasteiger partial charge is 0.189 e. The quantitative estimate of drug-likeness (QED) is 0.645. The molecule has 15 heavy (non-hydrogen) atoms. The number of rotatable bonds is 0. The molecular weight excluding hydrogens is 188 g/mol. The number of benzene rings is 1. The largest absolute Gasteiger partial charge is 0.289 e. The summed E-state index contributed by atoms with van der Waals surface area (Å²) in [4.78, 5) is 23.7. The summed E-state index contributed by atoms with van der Waals surface area (Å²) >= 11 is 0. The van der Waals surface area contributed by atoms with Gasteiger partial charge in [0.2, 0.25) is 0 Å². The second kappa shape index (κ2) is 3.16. The minimum atomic E-state index is -0.0525. The fraction of sp³-hybridized carbons (Fsp3) is 0.231. The first-order chi connectivity index (χ1) is 7.02. The van der Waals surface area contributed by atoms with E-state index in [1.54, 1.807) is 6.92 Å². The third kappa shape index (κ3) is 1.33. The minimum Gasteiger partial charge on any atom is -0.289 e. The third-order valence-electron chi connectivity index (χ3n) is 2.80. The zero-order chi connectivity index (χ0) is 11.2. The molecule has 0 amide bonds. The molecule has 0 N–H and O–H groups in total. The van der Waals surface area contributed by atoms with Crippen molar-refractivity contribution in [2.45, 2.75) is 20.8 Å². The molecule has 2 heteroatoms. The van der Waals surface area contributed by atoms with E-state index >= 15 is 0 Å². The van der Waals surface area contributed by atoms with Crippen molar-refractivity contribution in [2.75, 3.05) is 0 Å². The Labute approximate surface area is 88.6 Å². The van der Waals surface area contributed by atoms with Crippen LogP contribution in [0.5, 0.6) is 0 Å². The monoisotopic (exact) mass is 200 g/mol. The van der Waals surface area contributed by atoms with Gasteiger partial charge < -0.3 is 0 Å². The van der Waals surface area contributed by atoms with Crippen LogP contribution in [0.25, 0.3) is 0 Å². The Kier molecular flexibility index (Phi) is 2.07. The predicted molar refractivity (Wildman–Crippen MR) is 58.3 cm³/mol. The van der Waals surface area contributed by atoms with Crippen LogP contribution < -0.4 is 0 Å². The van der Waals surface area contributed by atoms with Crippen molar-refractivity contribution in [3.63, 3.8) is 0 Å². The van der Waals surface area contributed by atoms with Crippen LogP contribution in [0.3, 0.4) is 0 Å². The van der Waals surface area contributed by atoms with Crippen molar-refractivity contribution in [3.05, 3.63) is 46.0 Å². The maximum absolute atomic E-state index is 11.9. The lowest BCUT2D eigenvalue weighted by molar-refractivity contribution is 0.0983. The van der Waals surface area contributed by atoms with Gasteiger partial charge in [0.1, 0.15) is 0 Å². The number of carbonyl (C=O) groups is 2. The van der Waals surface area contributed by atoms with Crippen LogP contribution in [-0.2, 0) is 0 Å². The van der Waals surface area contributed by atoms with Crippen LogP contribution in [0, 0.1) is 13.8 Å². The van der Waals surface area contributed by atoms with E-state index in [0.717, 1.165) is 11.1 Å². The highest BCUT2D eigenvalue weighted by Crippen LogP contribution is 2.26. The summed E-state index contributed by atoms with van der Waals surface area (Å²) in [6, 6.07) is 3.77. The Morgan fingerprint density at radius 3 is 2.00 bits per heavy atom. The zero-order valence-corrected chi connectivity index (χ0v) is 9.05. The van der Waals surface area contributed by atoms with Crippen LogP contribution in [0.1, 0.15) is 38.8 Å². The average Bonchev–Trinajstić information content (AvgIpc) is 2.18. The Morgan fingerprint density at radius 1 is 0.867 bits per heavy atom. The lowest BCUT2D eigenvalue weighted by atomic mass is 9.85.